The molecule has 1 saturated heterocycles. The number of carbonyl (C=O) groups is 2. The van der Waals surface area contributed by atoms with Gasteiger partial charge in [0, 0.05) is 5.92 Å². The zero-order chi connectivity index (χ0) is 25.5. The fraction of sp³-hybridized carbons (Fsp3) is 0.188. The van der Waals surface area contributed by atoms with Gasteiger partial charge in [-0.15, -0.1) is 0 Å². The van der Waals surface area contributed by atoms with Gasteiger partial charge < -0.3 is 4.74 Å². The van der Waals surface area contributed by atoms with Crippen LogP contribution in [0.25, 0.3) is 0 Å². The SMILES string of the molecule is Cc1cccc(Oc2ccc(N3C(=O)[C@H]4C5c6ccccc6C(Br)(c6ccccc65)[C@H]4C3=O)cc2)c1C. The summed E-state index contributed by atoms with van der Waals surface area (Å²) in [7, 11) is 0. The smallest absolute Gasteiger partial charge is 0.239 e. The Bertz CT molecular complexity index is 1560. The van der Waals surface area contributed by atoms with E-state index in [-0.39, 0.29) is 17.7 Å². The maximum absolute atomic E-state index is 14.1. The molecule has 1 heterocycles. The number of nitrogens with zero attached hydrogens (tertiary/aromatic N) is 1. The van der Waals surface area contributed by atoms with E-state index >= 15 is 0 Å². The molecule has 4 aromatic rings. The van der Waals surface area contributed by atoms with E-state index in [1.54, 1.807) is 12.1 Å². The minimum Gasteiger partial charge on any atom is -0.457 e. The molecule has 0 spiro atoms. The average Bonchev–Trinajstić information content (AvgIpc) is 3.19. The lowest BCUT2D eigenvalue weighted by Gasteiger charge is -2.51. The molecule has 0 unspecified atom stereocenters. The summed E-state index contributed by atoms with van der Waals surface area (Å²) in [6.45, 7) is 4.08. The van der Waals surface area contributed by atoms with Gasteiger partial charge in [-0.25, -0.2) is 4.90 Å². The summed E-state index contributed by atoms with van der Waals surface area (Å²) in [5, 5.41) is 0. The van der Waals surface area contributed by atoms with Gasteiger partial charge in [-0.3, -0.25) is 9.59 Å². The number of rotatable bonds is 3. The van der Waals surface area contributed by atoms with Gasteiger partial charge in [0.1, 0.15) is 11.5 Å². The molecule has 0 saturated carbocycles. The number of halogens is 1. The zero-order valence-corrected chi connectivity index (χ0v) is 22.0. The van der Waals surface area contributed by atoms with Crippen LogP contribution in [0.2, 0.25) is 0 Å². The first-order valence-electron chi connectivity index (χ1n) is 12.5. The molecule has 4 aromatic carbocycles. The molecule has 8 rings (SSSR count). The Morgan fingerprint density at radius 2 is 1.38 bits per heavy atom. The van der Waals surface area contributed by atoms with E-state index in [1.165, 1.54) is 4.90 Å². The second kappa shape index (κ2) is 7.90. The topological polar surface area (TPSA) is 46.6 Å². The van der Waals surface area contributed by atoms with Crippen LogP contribution in [0.4, 0.5) is 5.69 Å². The van der Waals surface area contributed by atoms with Crippen molar-refractivity contribution in [1.82, 2.24) is 0 Å². The van der Waals surface area contributed by atoms with Crippen molar-refractivity contribution < 1.29 is 14.3 Å². The monoisotopic (exact) mass is 549 g/mol. The van der Waals surface area contributed by atoms with Crippen molar-refractivity contribution in [1.29, 1.82) is 0 Å². The van der Waals surface area contributed by atoms with Crippen LogP contribution >= 0.6 is 15.9 Å². The lowest BCUT2D eigenvalue weighted by atomic mass is 9.55. The van der Waals surface area contributed by atoms with Crippen molar-refractivity contribution >= 4 is 33.4 Å². The summed E-state index contributed by atoms with van der Waals surface area (Å²) < 4.78 is 5.36. The van der Waals surface area contributed by atoms with Gasteiger partial charge in [0.25, 0.3) is 0 Å². The van der Waals surface area contributed by atoms with Crippen LogP contribution in [-0.2, 0) is 13.9 Å². The second-order valence-corrected chi connectivity index (χ2v) is 11.4. The lowest BCUT2D eigenvalue weighted by Crippen LogP contribution is -2.50. The molecule has 4 aliphatic rings. The summed E-state index contributed by atoms with van der Waals surface area (Å²) in [5.74, 6) is 0.0275. The Kier molecular flexibility index (Phi) is 4.80. The number of amides is 2. The van der Waals surface area contributed by atoms with Crippen LogP contribution in [0.15, 0.2) is 91.0 Å². The standard InChI is InChI=1S/C32H24BrNO3/c1-18-8-7-13-26(19(18)2)37-21-16-14-20(15-17-21)34-30(35)28-27-22-9-3-5-11-24(22)32(33,29(28)31(34)36)25-12-6-4-10-23(25)27/h3-17,27-29H,1-2H3/t27?,28-,29+,32?/m0/s1. The Balaban J connectivity index is 1.28. The van der Waals surface area contributed by atoms with E-state index in [0.29, 0.717) is 11.4 Å². The third kappa shape index (κ3) is 2.95. The Morgan fingerprint density at radius 3 is 2.03 bits per heavy atom. The molecule has 2 atom stereocenters. The molecule has 0 radical (unpaired) electrons. The minimum atomic E-state index is -0.743. The van der Waals surface area contributed by atoms with E-state index < -0.39 is 16.2 Å². The number of aryl methyl sites for hydroxylation is 1. The van der Waals surface area contributed by atoms with Crippen molar-refractivity contribution in [3.8, 4) is 11.5 Å². The number of hydrogen-bond acceptors (Lipinski definition) is 3. The molecule has 2 amide bonds. The maximum Gasteiger partial charge on any atom is 0.239 e. The molecule has 2 bridgehead atoms. The molecule has 3 aliphatic carbocycles. The highest BCUT2D eigenvalue weighted by atomic mass is 79.9. The first-order valence-corrected chi connectivity index (χ1v) is 13.3. The molecule has 37 heavy (non-hydrogen) atoms. The van der Waals surface area contributed by atoms with Crippen LogP contribution in [0, 0.1) is 25.7 Å². The fourth-order valence-electron chi connectivity index (χ4n) is 6.56. The van der Waals surface area contributed by atoms with Crippen LogP contribution < -0.4 is 9.64 Å². The van der Waals surface area contributed by atoms with Crippen molar-refractivity contribution in [2.24, 2.45) is 11.8 Å². The number of anilines is 1. The van der Waals surface area contributed by atoms with Gasteiger partial charge in [-0.1, -0.05) is 76.6 Å². The number of benzene rings is 4. The number of hydrogen-bond donors (Lipinski definition) is 0. The largest absolute Gasteiger partial charge is 0.457 e. The van der Waals surface area contributed by atoms with Crippen molar-refractivity contribution in [3.05, 3.63) is 124 Å². The average molecular weight is 550 g/mol. The highest BCUT2D eigenvalue weighted by Crippen LogP contribution is 2.66. The highest BCUT2D eigenvalue weighted by molar-refractivity contribution is 9.09. The third-order valence-electron chi connectivity index (χ3n) is 8.39. The van der Waals surface area contributed by atoms with Crippen LogP contribution in [0.1, 0.15) is 39.3 Å². The third-order valence-corrected chi connectivity index (χ3v) is 9.74. The van der Waals surface area contributed by atoms with Crippen LogP contribution in [0.5, 0.6) is 11.5 Å². The number of imide groups is 1. The van der Waals surface area contributed by atoms with Gasteiger partial charge in [0.05, 0.1) is 21.8 Å². The molecular formula is C32H24BrNO3. The molecule has 0 N–H and O–H groups in total. The van der Waals surface area contributed by atoms with E-state index in [9.17, 15) is 9.59 Å². The number of alkyl halides is 1. The number of carbonyl (C=O) groups excluding carboxylic acids is 2. The van der Waals surface area contributed by atoms with E-state index in [0.717, 1.165) is 39.1 Å². The van der Waals surface area contributed by atoms with Gasteiger partial charge in [0.2, 0.25) is 11.8 Å². The molecule has 1 fully saturated rings. The Morgan fingerprint density at radius 1 is 0.757 bits per heavy atom. The Hall–Kier alpha value is -3.70. The van der Waals surface area contributed by atoms with Crippen molar-refractivity contribution in [3.63, 3.8) is 0 Å². The fourth-order valence-corrected chi connectivity index (χ4v) is 7.76. The first-order chi connectivity index (χ1) is 17.9. The predicted molar refractivity (Wildman–Crippen MR) is 146 cm³/mol. The second-order valence-electron chi connectivity index (χ2n) is 10.2. The number of ether oxygens (including phenoxy) is 1. The normalized spacial score (nSPS) is 25.1. The summed E-state index contributed by atoms with van der Waals surface area (Å²) in [6, 6.07) is 29.6. The molecule has 5 heteroatoms. The minimum absolute atomic E-state index is 0.143. The lowest BCUT2D eigenvalue weighted by molar-refractivity contribution is -0.122. The summed E-state index contributed by atoms with van der Waals surface area (Å²) in [5.41, 5.74) is 7.23. The summed E-state index contributed by atoms with van der Waals surface area (Å²) >= 11 is 4.05. The summed E-state index contributed by atoms with van der Waals surface area (Å²) in [6.07, 6.45) is 0. The molecule has 1 aliphatic heterocycles. The van der Waals surface area contributed by atoms with Crippen LogP contribution in [0.3, 0.4) is 0 Å². The van der Waals surface area contributed by atoms with Gasteiger partial charge in [0.15, 0.2) is 0 Å². The Labute approximate surface area is 224 Å². The molecule has 182 valence electrons. The van der Waals surface area contributed by atoms with Crippen LogP contribution in [-0.4, -0.2) is 11.8 Å². The van der Waals surface area contributed by atoms with E-state index in [1.807, 2.05) is 55.5 Å². The van der Waals surface area contributed by atoms with Gasteiger partial charge >= 0.3 is 0 Å². The predicted octanol–water partition coefficient (Wildman–Crippen LogP) is 7.00. The quantitative estimate of drug-likeness (QED) is 0.204. The van der Waals surface area contributed by atoms with Crippen molar-refractivity contribution in [2.75, 3.05) is 4.90 Å². The van der Waals surface area contributed by atoms with E-state index in [2.05, 4.69) is 53.2 Å². The molecule has 4 nitrogen and oxygen atoms in total. The molecule has 0 aromatic heterocycles. The first kappa shape index (κ1) is 22.5. The maximum atomic E-state index is 14.1. The molecular weight excluding hydrogens is 526 g/mol. The zero-order valence-electron chi connectivity index (χ0n) is 20.4. The van der Waals surface area contributed by atoms with E-state index in [4.69, 9.17) is 4.74 Å². The highest BCUT2D eigenvalue weighted by Gasteiger charge is 2.67. The summed E-state index contributed by atoms with van der Waals surface area (Å²) in [4.78, 5) is 29.5. The van der Waals surface area contributed by atoms with Gasteiger partial charge in [-0.2, -0.15) is 0 Å². The van der Waals surface area contributed by atoms with Gasteiger partial charge in [-0.05, 0) is 77.6 Å². The van der Waals surface area contributed by atoms with Crippen molar-refractivity contribution in [2.45, 2.75) is 24.1 Å².